The van der Waals surface area contributed by atoms with Crippen molar-refractivity contribution in [2.24, 2.45) is 7.05 Å². The average molecular weight is 409 g/mol. The second-order valence-corrected chi connectivity index (χ2v) is 7.74. The summed E-state index contributed by atoms with van der Waals surface area (Å²) in [6, 6.07) is 16.6. The van der Waals surface area contributed by atoms with E-state index >= 15 is 0 Å². The van der Waals surface area contributed by atoms with Gasteiger partial charge in [-0.3, -0.25) is 9.88 Å². The van der Waals surface area contributed by atoms with Crippen molar-refractivity contribution in [1.82, 2.24) is 19.4 Å². The summed E-state index contributed by atoms with van der Waals surface area (Å²) in [7, 11) is 2.03. The Morgan fingerprint density at radius 2 is 1.90 bits per heavy atom. The fourth-order valence-electron chi connectivity index (χ4n) is 4.43. The van der Waals surface area contributed by atoms with Crippen molar-refractivity contribution in [2.45, 2.75) is 6.54 Å². The summed E-state index contributed by atoms with van der Waals surface area (Å²) in [6.07, 6.45) is 5.33. The van der Waals surface area contributed by atoms with Crippen molar-refractivity contribution >= 4 is 11.0 Å². The summed E-state index contributed by atoms with van der Waals surface area (Å²) in [5, 5.41) is 10.7. The van der Waals surface area contributed by atoms with Gasteiger partial charge >= 0.3 is 0 Å². The number of hydrogen-bond acceptors (Lipinski definition) is 5. The monoisotopic (exact) mass is 409 g/mol. The Balaban J connectivity index is 1.77. The van der Waals surface area contributed by atoms with E-state index < -0.39 is 0 Å². The maximum atomic E-state index is 9.83. The summed E-state index contributed by atoms with van der Waals surface area (Å²) < 4.78 is 7.63. The van der Waals surface area contributed by atoms with Crippen molar-refractivity contribution in [3.63, 3.8) is 0 Å². The normalized spacial score (nSPS) is 14.6. The first-order valence-corrected chi connectivity index (χ1v) is 10.4. The quantitative estimate of drug-likeness (QED) is 0.510. The second-order valence-electron chi connectivity index (χ2n) is 7.74. The Morgan fingerprint density at radius 1 is 1.06 bits per heavy atom. The maximum Gasteiger partial charge on any atom is 0.142 e. The van der Waals surface area contributed by atoms with E-state index in [1.165, 1.54) is 5.56 Å². The van der Waals surface area contributed by atoms with Gasteiger partial charge in [0.1, 0.15) is 5.65 Å². The fraction of sp³-hybridized carbons (Fsp3) is 0.240. The minimum absolute atomic E-state index is 0.622. The minimum atomic E-state index is 0.622. The predicted octanol–water partition coefficient (Wildman–Crippen LogP) is 4.01. The number of nitrogens with zero attached hydrogens (tertiary/aromatic N) is 5. The van der Waals surface area contributed by atoms with Gasteiger partial charge in [-0.05, 0) is 17.7 Å². The third-order valence-electron chi connectivity index (χ3n) is 5.91. The minimum Gasteiger partial charge on any atom is -0.379 e. The van der Waals surface area contributed by atoms with Crippen LogP contribution in [0.15, 0.2) is 61.1 Å². The summed E-state index contributed by atoms with van der Waals surface area (Å²) in [4.78, 5) is 11.4. The smallest absolute Gasteiger partial charge is 0.142 e. The van der Waals surface area contributed by atoms with E-state index in [2.05, 4.69) is 49.8 Å². The average Bonchev–Trinajstić information content (AvgIpc) is 3.13. The molecule has 1 fully saturated rings. The molecule has 4 aromatic rings. The number of hydrogen-bond donors (Lipinski definition) is 0. The number of nitriles is 1. The van der Waals surface area contributed by atoms with Crippen LogP contribution in [0.1, 0.15) is 11.1 Å². The van der Waals surface area contributed by atoms with Crippen LogP contribution in [-0.2, 0) is 18.3 Å². The Hall–Kier alpha value is -3.53. The molecule has 3 aromatic heterocycles. The molecule has 0 aliphatic carbocycles. The van der Waals surface area contributed by atoms with Crippen molar-refractivity contribution < 1.29 is 4.74 Å². The van der Waals surface area contributed by atoms with Gasteiger partial charge in [-0.2, -0.15) is 5.26 Å². The molecule has 31 heavy (non-hydrogen) atoms. The third kappa shape index (κ3) is 3.48. The van der Waals surface area contributed by atoms with Crippen molar-refractivity contribution in [1.29, 1.82) is 5.26 Å². The molecule has 0 spiro atoms. The van der Waals surface area contributed by atoms with E-state index in [4.69, 9.17) is 4.74 Å². The van der Waals surface area contributed by atoms with Crippen molar-refractivity contribution in [3.8, 4) is 28.5 Å². The summed E-state index contributed by atoms with van der Waals surface area (Å²) in [6.45, 7) is 4.25. The zero-order chi connectivity index (χ0) is 21.2. The van der Waals surface area contributed by atoms with Crippen LogP contribution in [0.5, 0.6) is 0 Å². The van der Waals surface area contributed by atoms with E-state index in [9.17, 15) is 5.26 Å². The first-order chi connectivity index (χ1) is 15.3. The van der Waals surface area contributed by atoms with Gasteiger partial charge in [-0.25, -0.2) is 4.98 Å². The fourth-order valence-corrected chi connectivity index (χ4v) is 4.43. The van der Waals surface area contributed by atoms with E-state index in [0.29, 0.717) is 5.56 Å². The third-order valence-corrected chi connectivity index (χ3v) is 5.91. The van der Waals surface area contributed by atoms with Crippen molar-refractivity contribution in [3.05, 3.63) is 72.2 Å². The molecule has 1 aliphatic heterocycles. The maximum absolute atomic E-state index is 9.83. The van der Waals surface area contributed by atoms with Gasteiger partial charge in [0.15, 0.2) is 0 Å². The molecule has 154 valence electrons. The number of rotatable bonds is 4. The zero-order valence-corrected chi connectivity index (χ0v) is 17.5. The Kier molecular flexibility index (Phi) is 5.21. The van der Waals surface area contributed by atoms with E-state index in [1.807, 2.05) is 25.4 Å². The topological polar surface area (TPSA) is 67.0 Å². The zero-order valence-electron chi connectivity index (χ0n) is 17.5. The number of aromatic nitrogens is 3. The molecule has 1 aliphatic rings. The van der Waals surface area contributed by atoms with E-state index in [1.54, 1.807) is 18.5 Å². The van der Waals surface area contributed by atoms with Crippen LogP contribution in [-0.4, -0.2) is 45.7 Å². The molecule has 6 nitrogen and oxygen atoms in total. The standard InChI is InChI=1S/C25H23N5O/c1-29-24(21-7-3-2-5-20(21)17-30-11-13-31-14-12-30)22(19-6-4-9-27-16-19)23-18(15-26)8-10-28-25(23)29/h2-10,16H,11-14,17H2,1H3. The molecule has 0 N–H and O–H groups in total. The molecule has 0 bridgehead atoms. The molecule has 0 amide bonds. The van der Waals surface area contributed by atoms with Gasteiger partial charge in [0.25, 0.3) is 0 Å². The highest BCUT2D eigenvalue weighted by molar-refractivity contribution is 6.06. The van der Waals surface area contributed by atoms with Gasteiger partial charge in [0.05, 0.1) is 30.5 Å². The Morgan fingerprint density at radius 3 is 2.68 bits per heavy atom. The predicted molar refractivity (Wildman–Crippen MR) is 120 cm³/mol. The SMILES string of the molecule is Cn1c(-c2ccccc2CN2CCOCC2)c(-c2cccnc2)c2c(C#N)ccnc21. The van der Waals surface area contributed by atoms with Crippen LogP contribution in [0.3, 0.4) is 0 Å². The number of pyridine rings is 2. The van der Waals surface area contributed by atoms with E-state index in [-0.39, 0.29) is 0 Å². The van der Waals surface area contributed by atoms with Crippen LogP contribution in [0.2, 0.25) is 0 Å². The van der Waals surface area contributed by atoms with Crippen LogP contribution in [0.25, 0.3) is 33.4 Å². The first kappa shape index (κ1) is 19.4. The number of benzene rings is 1. The lowest BCUT2D eigenvalue weighted by molar-refractivity contribution is 0.0342. The van der Waals surface area contributed by atoms with Crippen LogP contribution in [0, 0.1) is 11.3 Å². The lowest BCUT2D eigenvalue weighted by Crippen LogP contribution is -2.35. The molecular weight excluding hydrogens is 386 g/mol. The summed E-state index contributed by atoms with van der Waals surface area (Å²) in [5.74, 6) is 0. The molecule has 0 radical (unpaired) electrons. The van der Waals surface area contributed by atoms with Crippen molar-refractivity contribution in [2.75, 3.05) is 26.3 Å². The van der Waals surface area contributed by atoms with Gasteiger partial charge in [0.2, 0.25) is 0 Å². The summed E-state index contributed by atoms with van der Waals surface area (Å²) >= 11 is 0. The number of aryl methyl sites for hydroxylation is 1. The molecule has 6 heteroatoms. The molecule has 1 saturated heterocycles. The molecule has 5 rings (SSSR count). The number of morpholine rings is 1. The molecule has 0 atom stereocenters. The van der Waals surface area contributed by atoms with Gasteiger partial charge < -0.3 is 9.30 Å². The molecule has 4 heterocycles. The lowest BCUT2D eigenvalue weighted by atomic mass is 9.95. The molecule has 0 saturated carbocycles. The first-order valence-electron chi connectivity index (χ1n) is 10.4. The number of fused-ring (bicyclic) bond motifs is 1. The number of ether oxygens (including phenoxy) is 1. The highest BCUT2D eigenvalue weighted by atomic mass is 16.5. The second kappa shape index (κ2) is 8.31. The largest absolute Gasteiger partial charge is 0.379 e. The lowest BCUT2D eigenvalue weighted by Gasteiger charge is -2.27. The van der Waals surface area contributed by atoms with Gasteiger partial charge in [-0.15, -0.1) is 0 Å². The summed E-state index contributed by atoms with van der Waals surface area (Å²) in [5.41, 5.74) is 6.86. The Bertz CT molecular complexity index is 1270. The highest BCUT2D eigenvalue weighted by Crippen LogP contribution is 2.42. The van der Waals surface area contributed by atoms with E-state index in [0.717, 1.165) is 66.3 Å². The highest BCUT2D eigenvalue weighted by Gasteiger charge is 2.24. The van der Waals surface area contributed by atoms with Crippen LogP contribution >= 0.6 is 0 Å². The van der Waals surface area contributed by atoms with Crippen LogP contribution < -0.4 is 0 Å². The molecule has 0 unspecified atom stereocenters. The van der Waals surface area contributed by atoms with Gasteiger partial charge in [-0.1, -0.05) is 30.3 Å². The molecular formula is C25H23N5O. The van der Waals surface area contributed by atoms with Gasteiger partial charge in [0, 0.05) is 67.3 Å². The Labute approximate surface area is 181 Å². The van der Waals surface area contributed by atoms with Crippen LogP contribution in [0.4, 0.5) is 0 Å². The molecule has 1 aromatic carbocycles.